The summed E-state index contributed by atoms with van der Waals surface area (Å²) < 4.78 is 35.0. The summed E-state index contributed by atoms with van der Waals surface area (Å²) in [6.45, 7) is 1.85. The molecule has 1 atom stereocenters. The van der Waals surface area contributed by atoms with Gasteiger partial charge < -0.3 is 25.2 Å². The van der Waals surface area contributed by atoms with E-state index in [4.69, 9.17) is 4.74 Å². The van der Waals surface area contributed by atoms with Gasteiger partial charge in [0.2, 0.25) is 0 Å². The van der Waals surface area contributed by atoms with Crippen LogP contribution in [0.2, 0.25) is 0 Å². The molecule has 0 amide bonds. The lowest BCUT2D eigenvalue weighted by molar-refractivity contribution is -0.0504. The van der Waals surface area contributed by atoms with Gasteiger partial charge in [-0.15, -0.1) is 0 Å². The fraction of sp³-hybridized carbons (Fsp3) is 0.381. The van der Waals surface area contributed by atoms with Gasteiger partial charge in [0.15, 0.2) is 5.96 Å². The quantitative estimate of drug-likeness (QED) is 0.439. The molecule has 0 spiro atoms. The van der Waals surface area contributed by atoms with E-state index in [0.29, 0.717) is 29.4 Å². The van der Waals surface area contributed by atoms with E-state index < -0.39 is 12.7 Å². The molecule has 2 aromatic rings. The zero-order valence-electron chi connectivity index (χ0n) is 16.8. The van der Waals surface area contributed by atoms with Gasteiger partial charge in [0.25, 0.3) is 0 Å². The van der Waals surface area contributed by atoms with E-state index in [1.54, 1.807) is 43.5 Å². The second-order valence-electron chi connectivity index (χ2n) is 6.36. The van der Waals surface area contributed by atoms with Gasteiger partial charge in [0, 0.05) is 18.7 Å². The Kier molecular flexibility index (Phi) is 8.67. The summed E-state index contributed by atoms with van der Waals surface area (Å²) in [4.78, 5) is 4.43. The first kappa shape index (κ1) is 22.4. The number of methoxy groups -OCH3 is 1. The number of nitrogens with one attached hydrogen (secondary N) is 2. The van der Waals surface area contributed by atoms with Crippen LogP contribution in [-0.4, -0.2) is 37.9 Å². The molecule has 1 unspecified atom stereocenters. The number of guanidine groups is 1. The van der Waals surface area contributed by atoms with Crippen molar-refractivity contribution >= 4 is 5.96 Å². The zero-order valence-corrected chi connectivity index (χ0v) is 16.8. The summed E-state index contributed by atoms with van der Waals surface area (Å²) >= 11 is 0. The molecule has 2 aromatic carbocycles. The Morgan fingerprint density at radius 1 is 1.17 bits per heavy atom. The van der Waals surface area contributed by atoms with Crippen molar-refractivity contribution in [2.75, 3.05) is 20.2 Å². The number of nitrogens with zero attached hydrogens (tertiary/aromatic N) is 1. The molecule has 0 saturated carbocycles. The Balaban J connectivity index is 2.07. The van der Waals surface area contributed by atoms with Crippen molar-refractivity contribution in [2.24, 2.45) is 4.99 Å². The minimum Gasteiger partial charge on any atom is -0.497 e. The number of hydrogen-bond donors (Lipinski definition) is 3. The molecule has 3 N–H and O–H groups in total. The smallest absolute Gasteiger partial charge is 0.387 e. The van der Waals surface area contributed by atoms with Gasteiger partial charge >= 0.3 is 6.61 Å². The predicted octanol–water partition coefficient (Wildman–Crippen LogP) is 3.39. The molecular formula is C21H27F2N3O3. The fourth-order valence-electron chi connectivity index (χ4n) is 2.71. The molecule has 0 saturated heterocycles. The number of hydrogen-bond acceptors (Lipinski definition) is 4. The SMILES string of the molecule is CCNC(=NCc1cc(C)ccc1OC(F)F)NCC(O)c1cccc(OC)c1. The number of aliphatic hydroxyl groups is 1. The zero-order chi connectivity index (χ0) is 21.2. The molecule has 0 aliphatic heterocycles. The molecule has 29 heavy (non-hydrogen) atoms. The lowest BCUT2D eigenvalue weighted by Crippen LogP contribution is -2.39. The van der Waals surface area contributed by atoms with Crippen LogP contribution in [0.3, 0.4) is 0 Å². The first-order valence-corrected chi connectivity index (χ1v) is 9.31. The maximum atomic E-state index is 12.6. The van der Waals surface area contributed by atoms with Gasteiger partial charge in [-0.3, -0.25) is 0 Å². The molecule has 8 heteroatoms. The van der Waals surface area contributed by atoms with Crippen molar-refractivity contribution in [3.63, 3.8) is 0 Å². The number of benzene rings is 2. The van der Waals surface area contributed by atoms with Crippen LogP contribution in [0.25, 0.3) is 0 Å². The largest absolute Gasteiger partial charge is 0.497 e. The third-order valence-corrected chi connectivity index (χ3v) is 4.13. The van der Waals surface area contributed by atoms with E-state index in [0.717, 1.165) is 5.56 Å². The molecule has 0 bridgehead atoms. The Morgan fingerprint density at radius 3 is 2.66 bits per heavy atom. The second kappa shape index (κ2) is 11.2. The average Bonchev–Trinajstić information content (AvgIpc) is 2.71. The van der Waals surface area contributed by atoms with Crippen LogP contribution in [0.15, 0.2) is 47.5 Å². The monoisotopic (exact) mass is 407 g/mol. The van der Waals surface area contributed by atoms with Crippen LogP contribution < -0.4 is 20.1 Å². The van der Waals surface area contributed by atoms with Crippen molar-refractivity contribution in [1.82, 2.24) is 10.6 Å². The Bertz CT molecular complexity index is 816. The first-order valence-electron chi connectivity index (χ1n) is 9.31. The van der Waals surface area contributed by atoms with Gasteiger partial charge in [-0.2, -0.15) is 8.78 Å². The van der Waals surface area contributed by atoms with E-state index in [1.165, 1.54) is 6.07 Å². The average molecular weight is 407 g/mol. The summed E-state index contributed by atoms with van der Waals surface area (Å²) in [7, 11) is 1.57. The van der Waals surface area contributed by atoms with Gasteiger partial charge in [0.1, 0.15) is 11.5 Å². The summed E-state index contributed by atoms with van der Waals surface area (Å²) in [6.07, 6.45) is -0.773. The standard InChI is InChI=1S/C21H27F2N3O3/c1-4-24-21(26-13-18(27)15-6-5-7-17(11-15)28-3)25-12-16-10-14(2)8-9-19(16)29-20(22)23/h5-11,18,20,27H,4,12-13H2,1-3H3,(H2,24,25,26). The number of ether oxygens (including phenoxy) is 2. The summed E-state index contributed by atoms with van der Waals surface area (Å²) in [6, 6.07) is 12.2. The number of aliphatic hydroxyl groups excluding tert-OH is 1. The first-order chi connectivity index (χ1) is 13.9. The van der Waals surface area contributed by atoms with Gasteiger partial charge in [-0.05, 0) is 37.6 Å². The number of rotatable bonds is 9. The summed E-state index contributed by atoms with van der Waals surface area (Å²) in [5.41, 5.74) is 2.18. The van der Waals surface area contributed by atoms with Crippen molar-refractivity contribution in [1.29, 1.82) is 0 Å². The number of halogens is 2. The van der Waals surface area contributed by atoms with Crippen molar-refractivity contribution < 1.29 is 23.4 Å². The van der Waals surface area contributed by atoms with E-state index in [9.17, 15) is 13.9 Å². The van der Waals surface area contributed by atoms with E-state index >= 15 is 0 Å². The fourth-order valence-corrected chi connectivity index (χ4v) is 2.71. The summed E-state index contributed by atoms with van der Waals surface area (Å²) in [5.74, 6) is 1.22. The van der Waals surface area contributed by atoms with Crippen molar-refractivity contribution in [3.8, 4) is 11.5 Å². The normalized spacial score (nSPS) is 12.6. The molecular weight excluding hydrogens is 380 g/mol. The molecule has 158 valence electrons. The van der Waals surface area contributed by atoms with Crippen LogP contribution in [0.1, 0.15) is 29.7 Å². The third kappa shape index (κ3) is 7.23. The highest BCUT2D eigenvalue weighted by Crippen LogP contribution is 2.23. The molecule has 0 radical (unpaired) electrons. The molecule has 0 aliphatic carbocycles. The highest BCUT2D eigenvalue weighted by Gasteiger charge is 2.12. The minimum atomic E-state index is -2.90. The topological polar surface area (TPSA) is 75.1 Å². The molecule has 0 aliphatic rings. The van der Waals surface area contributed by atoms with E-state index in [2.05, 4.69) is 20.4 Å². The lowest BCUT2D eigenvalue weighted by atomic mass is 10.1. The number of aryl methyl sites for hydroxylation is 1. The molecule has 0 aromatic heterocycles. The van der Waals surface area contributed by atoms with Crippen LogP contribution >= 0.6 is 0 Å². The van der Waals surface area contributed by atoms with Gasteiger partial charge in [-0.25, -0.2) is 4.99 Å². The van der Waals surface area contributed by atoms with Crippen LogP contribution in [0.4, 0.5) is 8.78 Å². The Hall–Kier alpha value is -2.87. The highest BCUT2D eigenvalue weighted by molar-refractivity contribution is 5.79. The number of alkyl halides is 2. The maximum Gasteiger partial charge on any atom is 0.387 e. The predicted molar refractivity (Wildman–Crippen MR) is 109 cm³/mol. The maximum absolute atomic E-state index is 12.6. The van der Waals surface area contributed by atoms with Crippen LogP contribution in [-0.2, 0) is 6.54 Å². The Morgan fingerprint density at radius 2 is 1.97 bits per heavy atom. The lowest BCUT2D eigenvalue weighted by Gasteiger charge is -2.16. The minimum absolute atomic E-state index is 0.0987. The number of aliphatic imine (C=N–C) groups is 1. The molecule has 0 fully saturated rings. The Labute approximate surface area is 169 Å². The van der Waals surface area contributed by atoms with Crippen molar-refractivity contribution in [3.05, 3.63) is 59.2 Å². The van der Waals surface area contributed by atoms with Gasteiger partial charge in [0.05, 0.1) is 19.8 Å². The molecule has 6 nitrogen and oxygen atoms in total. The van der Waals surface area contributed by atoms with E-state index in [1.807, 2.05) is 13.8 Å². The summed E-state index contributed by atoms with van der Waals surface area (Å²) in [5, 5.41) is 16.6. The van der Waals surface area contributed by atoms with Crippen LogP contribution in [0.5, 0.6) is 11.5 Å². The second-order valence-corrected chi connectivity index (χ2v) is 6.36. The third-order valence-electron chi connectivity index (χ3n) is 4.13. The highest BCUT2D eigenvalue weighted by atomic mass is 19.3. The van der Waals surface area contributed by atoms with Crippen LogP contribution in [0, 0.1) is 6.92 Å². The van der Waals surface area contributed by atoms with Crippen molar-refractivity contribution in [2.45, 2.75) is 33.1 Å². The molecule has 0 heterocycles. The van der Waals surface area contributed by atoms with E-state index in [-0.39, 0.29) is 18.8 Å². The molecule has 2 rings (SSSR count). The van der Waals surface area contributed by atoms with Gasteiger partial charge in [-0.1, -0.05) is 29.8 Å².